The van der Waals surface area contributed by atoms with Gasteiger partial charge in [-0.15, -0.1) is 0 Å². The van der Waals surface area contributed by atoms with Gasteiger partial charge >= 0.3 is 0 Å². The molecule has 2 heterocycles. The molecular formula is C21H10BrN3O4. The quantitative estimate of drug-likeness (QED) is 0.639. The molecule has 2 aliphatic heterocycles. The lowest BCUT2D eigenvalue weighted by atomic mass is 9.64. The summed E-state index contributed by atoms with van der Waals surface area (Å²) in [5, 5.41) is 12.6. The molecule has 140 valence electrons. The minimum atomic E-state index is -1.87. The van der Waals surface area contributed by atoms with Gasteiger partial charge in [0.1, 0.15) is 17.1 Å². The van der Waals surface area contributed by atoms with Gasteiger partial charge in [-0.2, -0.15) is 5.26 Å². The van der Waals surface area contributed by atoms with Crippen LogP contribution < -0.4 is 11.1 Å². The number of ketones is 2. The van der Waals surface area contributed by atoms with Gasteiger partial charge in [-0.1, -0.05) is 40.2 Å². The summed E-state index contributed by atoms with van der Waals surface area (Å²) in [6.45, 7) is 0. The van der Waals surface area contributed by atoms with E-state index in [0.29, 0.717) is 15.7 Å². The van der Waals surface area contributed by atoms with Crippen molar-refractivity contribution < 1.29 is 19.1 Å². The molecule has 0 aromatic heterocycles. The Balaban J connectivity index is 1.93. The van der Waals surface area contributed by atoms with Gasteiger partial charge in [-0.05, 0) is 18.2 Å². The van der Waals surface area contributed by atoms with Crippen molar-refractivity contribution >= 4 is 39.1 Å². The van der Waals surface area contributed by atoms with Crippen molar-refractivity contribution in [2.24, 2.45) is 5.73 Å². The maximum atomic E-state index is 13.5. The summed E-state index contributed by atoms with van der Waals surface area (Å²) in [4.78, 5) is 40.0. The normalized spacial score (nSPS) is 22.0. The molecule has 5 rings (SSSR count). The van der Waals surface area contributed by atoms with Crippen LogP contribution in [0.3, 0.4) is 0 Å². The van der Waals surface area contributed by atoms with Crippen LogP contribution in [0.1, 0.15) is 26.3 Å². The number of amides is 1. The van der Waals surface area contributed by atoms with Crippen LogP contribution in [0.4, 0.5) is 5.69 Å². The number of Topliss-reactive ketones (excluding diaryl/α,β-unsaturated/α-hetero) is 2. The van der Waals surface area contributed by atoms with E-state index in [1.54, 1.807) is 30.3 Å². The number of ether oxygens (including phenoxy) is 1. The minimum Gasteiger partial charge on any atom is -0.436 e. The van der Waals surface area contributed by atoms with Crippen LogP contribution in [0, 0.1) is 11.3 Å². The minimum absolute atomic E-state index is 0.147. The lowest BCUT2D eigenvalue weighted by Crippen LogP contribution is -2.48. The van der Waals surface area contributed by atoms with Gasteiger partial charge in [-0.25, -0.2) is 0 Å². The standard InChI is InChI=1S/C21H10BrN3O4/c22-9-5-6-14-12(7-9)21(20(28)25-14)13(8-23)19(24)29-18-15(21)16(26)10-3-1-2-4-11(10)17(18)27/h1-7H,24H2,(H,25,28). The number of anilines is 1. The second-order valence-corrected chi connectivity index (χ2v) is 7.67. The lowest BCUT2D eigenvalue weighted by molar-refractivity contribution is -0.118. The number of nitrogens with two attached hydrogens (primary N) is 1. The van der Waals surface area contributed by atoms with Crippen LogP contribution in [0.5, 0.6) is 0 Å². The highest BCUT2D eigenvalue weighted by Crippen LogP contribution is 2.54. The van der Waals surface area contributed by atoms with Crippen LogP contribution in [0.15, 0.2) is 69.7 Å². The summed E-state index contributed by atoms with van der Waals surface area (Å²) in [5.74, 6) is -2.46. The number of rotatable bonds is 0. The van der Waals surface area contributed by atoms with E-state index in [2.05, 4.69) is 21.2 Å². The number of benzene rings is 2. The molecule has 3 N–H and O–H groups in total. The Morgan fingerprint density at radius 3 is 2.45 bits per heavy atom. The Morgan fingerprint density at radius 2 is 1.76 bits per heavy atom. The first-order valence-corrected chi connectivity index (χ1v) is 9.33. The van der Waals surface area contributed by atoms with E-state index in [-0.39, 0.29) is 33.9 Å². The van der Waals surface area contributed by atoms with E-state index in [4.69, 9.17) is 10.5 Å². The molecule has 8 heteroatoms. The zero-order valence-corrected chi connectivity index (χ0v) is 16.2. The van der Waals surface area contributed by atoms with Crippen LogP contribution in [0.25, 0.3) is 0 Å². The Labute approximate surface area is 172 Å². The number of nitrogens with one attached hydrogen (secondary N) is 1. The molecule has 29 heavy (non-hydrogen) atoms. The van der Waals surface area contributed by atoms with E-state index in [9.17, 15) is 19.6 Å². The fourth-order valence-electron chi connectivity index (χ4n) is 4.17. The highest BCUT2D eigenvalue weighted by Gasteiger charge is 2.61. The second-order valence-electron chi connectivity index (χ2n) is 6.76. The zero-order chi connectivity index (χ0) is 20.5. The summed E-state index contributed by atoms with van der Waals surface area (Å²) < 4.78 is 6.10. The number of hydrogen-bond acceptors (Lipinski definition) is 6. The van der Waals surface area contributed by atoms with Gasteiger partial charge in [0.05, 0.1) is 5.57 Å². The van der Waals surface area contributed by atoms with Crippen molar-refractivity contribution in [3.8, 4) is 6.07 Å². The number of halogens is 1. The molecule has 2 aromatic rings. The van der Waals surface area contributed by atoms with Crippen molar-refractivity contribution in [3.63, 3.8) is 0 Å². The molecule has 1 amide bonds. The largest absolute Gasteiger partial charge is 0.436 e. The SMILES string of the molecule is N#CC1=C(N)OC2=C(C(=O)c3ccccc3C2=O)C12C(=O)Nc1ccc(Br)cc12. The maximum absolute atomic E-state index is 13.5. The third kappa shape index (κ3) is 1.97. The Bertz CT molecular complexity index is 1300. The van der Waals surface area contributed by atoms with Gasteiger partial charge in [0.2, 0.25) is 17.6 Å². The average molecular weight is 448 g/mol. The third-order valence-corrected chi connectivity index (χ3v) is 5.86. The van der Waals surface area contributed by atoms with Crippen molar-refractivity contribution in [2.45, 2.75) is 5.41 Å². The first-order chi connectivity index (χ1) is 13.9. The second kappa shape index (κ2) is 5.65. The van der Waals surface area contributed by atoms with Crippen molar-refractivity contribution in [1.29, 1.82) is 5.26 Å². The molecule has 0 radical (unpaired) electrons. The fourth-order valence-corrected chi connectivity index (χ4v) is 4.53. The third-order valence-electron chi connectivity index (χ3n) is 5.37. The molecule has 1 aliphatic carbocycles. The highest BCUT2D eigenvalue weighted by atomic mass is 79.9. The van der Waals surface area contributed by atoms with Crippen LogP contribution in [-0.2, 0) is 14.9 Å². The van der Waals surface area contributed by atoms with Crippen molar-refractivity contribution in [1.82, 2.24) is 0 Å². The van der Waals surface area contributed by atoms with Gasteiger partial charge in [0.25, 0.3) is 0 Å². The summed E-state index contributed by atoms with van der Waals surface area (Å²) in [6, 6.07) is 13.2. The number of fused-ring (bicyclic) bond motifs is 4. The molecule has 0 fully saturated rings. The number of nitrogens with zero attached hydrogens (tertiary/aromatic N) is 1. The molecule has 0 bridgehead atoms. The number of carbonyl (C=O) groups excluding carboxylic acids is 3. The predicted molar refractivity (Wildman–Crippen MR) is 104 cm³/mol. The molecule has 1 spiro atoms. The molecule has 0 saturated heterocycles. The van der Waals surface area contributed by atoms with Crippen LogP contribution >= 0.6 is 15.9 Å². The molecule has 3 aliphatic rings. The smallest absolute Gasteiger partial charge is 0.245 e. The Morgan fingerprint density at radius 1 is 1.07 bits per heavy atom. The molecule has 7 nitrogen and oxygen atoms in total. The molecule has 0 saturated carbocycles. The number of hydrogen-bond donors (Lipinski definition) is 2. The summed E-state index contributed by atoms with van der Waals surface area (Å²) >= 11 is 3.36. The van der Waals surface area contributed by atoms with Crippen LogP contribution in [-0.4, -0.2) is 17.5 Å². The van der Waals surface area contributed by atoms with Gasteiger partial charge in [0, 0.05) is 26.9 Å². The molecule has 1 unspecified atom stereocenters. The maximum Gasteiger partial charge on any atom is 0.245 e. The summed E-state index contributed by atoms with van der Waals surface area (Å²) in [7, 11) is 0. The predicted octanol–water partition coefficient (Wildman–Crippen LogP) is 2.70. The zero-order valence-electron chi connectivity index (χ0n) is 14.6. The van der Waals surface area contributed by atoms with Gasteiger partial charge < -0.3 is 15.8 Å². The summed E-state index contributed by atoms with van der Waals surface area (Å²) in [5.41, 5.74) is 4.77. The van der Waals surface area contributed by atoms with Crippen molar-refractivity contribution in [3.05, 3.63) is 86.4 Å². The monoisotopic (exact) mass is 447 g/mol. The Hall–Kier alpha value is -3.70. The van der Waals surface area contributed by atoms with E-state index >= 15 is 0 Å². The van der Waals surface area contributed by atoms with Crippen molar-refractivity contribution in [2.75, 3.05) is 5.32 Å². The van der Waals surface area contributed by atoms with E-state index < -0.39 is 22.9 Å². The fraction of sp³-hybridized carbons (Fsp3) is 0.0476. The molecular weight excluding hydrogens is 438 g/mol. The van der Waals surface area contributed by atoms with Gasteiger partial charge in [0.15, 0.2) is 11.5 Å². The molecule has 2 aromatic carbocycles. The van der Waals surface area contributed by atoms with E-state index in [0.717, 1.165) is 0 Å². The van der Waals surface area contributed by atoms with E-state index in [1.807, 2.05) is 6.07 Å². The first kappa shape index (κ1) is 17.4. The average Bonchev–Trinajstić information content (AvgIpc) is 2.98. The Kier molecular flexibility index (Phi) is 3.39. The molecule has 1 atom stereocenters. The van der Waals surface area contributed by atoms with E-state index in [1.165, 1.54) is 12.1 Å². The van der Waals surface area contributed by atoms with Crippen LogP contribution in [0.2, 0.25) is 0 Å². The highest BCUT2D eigenvalue weighted by molar-refractivity contribution is 9.10. The number of carbonyl (C=O) groups is 3. The summed E-state index contributed by atoms with van der Waals surface area (Å²) in [6.07, 6.45) is 0. The first-order valence-electron chi connectivity index (χ1n) is 8.54. The van der Waals surface area contributed by atoms with Gasteiger partial charge in [-0.3, -0.25) is 14.4 Å². The number of nitriles is 1. The number of allylic oxidation sites excluding steroid dienone is 1. The lowest BCUT2D eigenvalue weighted by Gasteiger charge is -2.36. The topological polar surface area (TPSA) is 122 Å².